The lowest BCUT2D eigenvalue weighted by molar-refractivity contribution is -0.560. The molecule has 1 atom stereocenters. The number of nitrogens with two attached hydrogens (primary N) is 1. The van der Waals surface area contributed by atoms with E-state index in [-0.39, 0.29) is 6.42 Å². The average molecular weight is 222 g/mol. The van der Waals surface area contributed by atoms with Crippen LogP contribution in [0.25, 0.3) is 0 Å². The maximum atomic E-state index is 11.2. The molecular weight excluding hydrogens is 212 g/mol. The molecule has 0 bridgehead atoms. The Balaban J connectivity index is 2.89. The van der Waals surface area contributed by atoms with Gasteiger partial charge in [-0.2, -0.15) is 5.26 Å². The number of nitriles is 1. The van der Waals surface area contributed by atoms with Crippen molar-refractivity contribution in [3.63, 3.8) is 0 Å². The maximum absolute atomic E-state index is 11.2. The van der Waals surface area contributed by atoms with Gasteiger partial charge < -0.3 is 5.73 Å². The van der Waals surface area contributed by atoms with Gasteiger partial charge in [0.05, 0.1) is 17.4 Å². The molecule has 1 unspecified atom stereocenters. The predicted molar refractivity (Wildman–Crippen MR) is 54.1 cm³/mol. The molecule has 7 nitrogen and oxygen atoms in total. The third kappa shape index (κ3) is 2.36. The molecule has 16 heavy (non-hydrogen) atoms. The molecule has 0 aromatic heterocycles. The minimum Gasteiger partial charge on any atom is -0.402 e. The summed E-state index contributed by atoms with van der Waals surface area (Å²) in [6, 6.07) is 1.62. The molecule has 0 aliphatic heterocycles. The molecular formula is C9H10N4O3. The predicted octanol–water partition coefficient (Wildman–Crippen LogP) is -0.208. The van der Waals surface area contributed by atoms with Crippen molar-refractivity contribution in [3.8, 4) is 6.07 Å². The Bertz CT molecular complexity index is 421. The van der Waals surface area contributed by atoms with Crippen LogP contribution in [-0.2, 0) is 4.79 Å². The number of amides is 1. The SMILES string of the molecule is N#CCC(=O)NC1([N+](=O)[O-])C=CC=C(N)C1. The Morgan fingerprint density at radius 1 is 1.81 bits per heavy atom. The lowest BCUT2D eigenvalue weighted by Gasteiger charge is -2.24. The summed E-state index contributed by atoms with van der Waals surface area (Å²) in [7, 11) is 0. The van der Waals surface area contributed by atoms with E-state index < -0.39 is 22.9 Å². The fourth-order valence-electron chi connectivity index (χ4n) is 1.37. The van der Waals surface area contributed by atoms with E-state index in [1.807, 2.05) is 0 Å². The fraction of sp³-hybridized carbons (Fsp3) is 0.333. The molecule has 0 aromatic carbocycles. The van der Waals surface area contributed by atoms with Crippen molar-refractivity contribution in [2.45, 2.75) is 18.5 Å². The number of allylic oxidation sites excluding steroid dienone is 2. The van der Waals surface area contributed by atoms with E-state index in [0.29, 0.717) is 5.70 Å². The summed E-state index contributed by atoms with van der Waals surface area (Å²) >= 11 is 0. The van der Waals surface area contributed by atoms with Gasteiger partial charge in [0.25, 0.3) is 0 Å². The summed E-state index contributed by atoms with van der Waals surface area (Å²) in [5.41, 5.74) is 4.06. The zero-order chi connectivity index (χ0) is 12.2. The van der Waals surface area contributed by atoms with Gasteiger partial charge in [-0.3, -0.25) is 20.2 Å². The zero-order valence-corrected chi connectivity index (χ0v) is 8.34. The van der Waals surface area contributed by atoms with Crippen molar-refractivity contribution < 1.29 is 9.72 Å². The largest absolute Gasteiger partial charge is 0.402 e. The number of hydrogen-bond donors (Lipinski definition) is 2. The van der Waals surface area contributed by atoms with Gasteiger partial charge in [0.15, 0.2) is 0 Å². The summed E-state index contributed by atoms with van der Waals surface area (Å²) in [6.07, 6.45) is 3.66. The van der Waals surface area contributed by atoms with Gasteiger partial charge in [0.1, 0.15) is 6.42 Å². The van der Waals surface area contributed by atoms with Crippen LogP contribution in [-0.4, -0.2) is 16.5 Å². The maximum Gasteiger partial charge on any atom is 0.320 e. The highest BCUT2D eigenvalue weighted by atomic mass is 16.6. The van der Waals surface area contributed by atoms with Gasteiger partial charge in [0, 0.05) is 11.8 Å². The summed E-state index contributed by atoms with van der Waals surface area (Å²) < 4.78 is 0. The molecule has 1 aliphatic carbocycles. The van der Waals surface area contributed by atoms with E-state index >= 15 is 0 Å². The minimum absolute atomic E-state index is 0.104. The molecule has 0 radical (unpaired) electrons. The summed E-state index contributed by atoms with van der Waals surface area (Å²) in [4.78, 5) is 21.5. The normalized spacial score (nSPS) is 23.1. The Hall–Kier alpha value is -2.36. The second kappa shape index (κ2) is 4.44. The van der Waals surface area contributed by atoms with E-state index in [1.54, 1.807) is 6.07 Å². The van der Waals surface area contributed by atoms with Crippen LogP contribution in [0.5, 0.6) is 0 Å². The number of hydrogen-bond acceptors (Lipinski definition) is 5. The van der Waals surface area contributed by atoms with Crippen LogP contribution >= 0.6 is 0 Å². The second-order valence-corrected chi connectivity index (χ2v) is 3.34. The number of nitrogens with zero attached hydrogens (tertiary/aromatic N) is 2. The van der Waals surface area contributed by atoms with E-state index in [0.717, 1.165) is 0 Å². The highest BCUT2D eigenvalue weighted by Gasteiger charge is 2.43. The molecule has 7 heteroatoms. The Morgan fingerprint density at radius 2 is 2.50 bits per heavy atom. The van der Waals surface area contributed by atoms with Crippen molar-refractivity contribution in [1.29, 1.82) is 5.26 Å². The molecule has 1 amide bonds. The first-order chi connectivity index (χ1) is 7.50. The molecule has 0 saturated carbocycles. The molecule has 0 fully saturated rings. The summed E-state index contributed by atoms with van der Waals surface area (Å²) in [5, 5.41) is 21.4. The molecule has 0 saturated heterocycles. The Morgan fingerprint density at radius 3 is 3.00 bits per heavy atom. The lowest BCUT2D eigenvalue weighted by Crippen LogP contribution is -2.54. The number of rotatable bonds is 3. The fourth-order valence-corrected chi connectivity index (χ4v) is 1.37. The lowest BCUT2D eigenvalue weighted by atomic mass is 9.99. The summed E-state index contributed by atoms with van der Waals surface area (Å²) in [5.74, 6) is -0.696. The van der Waals surface area contributed by atoms with Crippen LogP contribution in [0.3, 0.4) is 0 Å². The number of carbonyl (C=O) groups is 1. The average Bonchev–Trinajstić information content (AvgIpc) is 2.17. The van der Waals surface area contributed by atoms with E-state index in [4.69, 9.17) is 11.0 Å². The number of nitrogens with one attached hydrogen (secondary N) is 1. The van der Waals surface area contributed by atoms with Gasteiger partial charge in [-0.25, -0.2) is 0 Å². The first-order valence-electron chi connectivity index (χ1n) is 4.46. The van der Waals surface area contributed by atoms with Crippen LogP contribution in [0.2, 0.25) is 0 Å². The van der Waals surface area contributed by atoms with Crippen molar-refractivity contribution in [1.82, 2.24) is 5.32 Å². The van der Waals surface area contributed by atoms with Crippen molar-refractivity contribution in [3.05, 3.63) is 34.0 Å². The third-order valence-corrected chi connectivity index (χ3v) is 2.08. The molecule has 0 heterocycles. The van der Waals surface area contributed by atoms with E-state index in [2.05, 4.69) is 5.32 Å². The molecule has 1 aliphatic rings. The van der Waals surface area contributed by atoms with Gasteiger partial charge in [0.2, 0.25) is 5.91 Å². The zero-order valence-electron chi connectivity index (χ0n) is 8.34. The first kappa shape index (κ1) is 11.7. The molecule has 1 rings (SSSR count). The highest BCUT2D eigenvalue weighted by Crippen LogP contribution is 2.21. The number of carbonyl (C=O) groups excluding carboxylic acids is 1. The van der Waals surface area contributed by atoms with Gasteiger partial charge in [-0.15, -0.1) is 0 Å². The third-order valence-electron chi connectivity index (χ3n) is 2.08. The first-order valence-corrected chi connectivity index (χ1v) is 4.46. The molecule has 0 aromatic rings. The van der Waals surface area contributed by atoms with Crippen LogP contribution < -0.4 is 11.1 Å². The quantitative estimate of drug-likeness (QED) is 0.388. The highest BCUT2D eigenvalue weighted by molar-refractivity contribution is 5.79. The molecule has 0 spiro atoms. The summed E-state index contributed by atoms with van der Waals surface area (Å²) in [6.45, 7) is 0. The van der Waals surface area contributed by atoms with Gasteiger partial charge >= 0.3 is 5.66 Å². The van der Waals surface area contributed by atoms with E-state index in [9.17, 15) is 14.9 Å². The van der Waals surface area contributed by atoms with Gasteiger partial charge in [-0.05, 0) is 6.08 Å². The van der Waals surface area contributed by atoms with Crippen molar-refractivity contribution in [2.75, 3.05) is 0 Å². The second-order valence-electron chi connectivity index (χ2n) is 3.34. The van der Waals surface area contributed by atoms with Crippen LogP contribution in [0.4, 0.5) is 0 Å². The smallest absolute Gasteiger partial charge is 0.320 e. The minimum atomic E-state index is -1.73. The number of nitro groups is 1. The Labute approximate surface area is 91.4 Å². The van der Waals surface area contributed by atoms with Gasteiger partial charge in [-0.1, -0.05) is 6.08 Å². The molecule has 3 N–H and O–H groups in total. The standard InChI is InChI=1S/C9H10N4O3/c10-5-3-8(14)12-9(13(15)16)4-1-2-7(11)6-9/h1-2,4H,3,6,11H2,(H,12,14). The monoisotopic (exact) mass is 222 g/mol. The van der Waals surface area contributed by atoms with E-state index in [1.165, 1.54) is 18.2 Å². The molecule has 84 valence electrons. The van der Waals surface area contributed by atoms with Crippen LogP contribution in [0.15, 0.2) is 23.9 Å². The van der Waals surface area contributed by atoms with Crippen molar-refractivity contribution in [2.24, 2.45) is 5.73 Å². The van der Waals surface area contributed by atoms with Crippen LogP contribution in [0.1, 0.15) is 12.8 Å². The topological polar surface area (TPSA) is 122 Å². The van der Waals surface area contributed by atoms with Crippen LogP contribution in [0, 0.1) is 21.4 Å². The Kier molecular flexibility index (Phi) is 3.25. The van der Waals surface area contributed by atoms with Crippen molar-refractivity contribution >= 4 is 5.91 Å².